The van der Waals surface area contributed by atoms with E-state index in [1.165, 1.54) is 17.0 Å². The largest absolute Gasteiger partial charge is 0.497 e. The van der Waals surface area contributed by atoms with Crippen molar-refractivity contribution in [2.24, 2.45) is 5.41 Å². The third-order valence-electron chi connectivity index (χ3n) is 5.13. The molecule has 28 heavy (non-hydrogen) atoms. The SMILES string of the molecule is COc1cccc(CC2(C(=O)N(C)Cc3ccccc3C(F)(F)F)CNC2)c1. The van der Waals surface area contributed by atoms with Gasteiger partial charge in [0.1, 0.15) is 5.75 Å². The van der Waals surface area contributed by atoms with Gasteiger partial charge in [-0.3, -0.25) is 4.79 Å². The molecule has 0 aliphatic carbocycles. The highest BCUT2D eigenvalue weighted by Crippen LogP contribution is 2.34. The number of nitrogens with one attached hydrogen (secondary N) is 1. The van der Waals surface area contributed by atoms with E-state index in [9.17, 15) is 18.0 Å². The molecule has 150 valence electrons. The van der Waals surface area contributed by atoms with Crippen LogP contribution in [0.15, 0.2) is 48.5 Å². The van der Waals surface area contributed by atoms with E-state index in [1.807, 2.05) is 24.3 Å². The highest BCUT2D eigenvalue weighted by atomic mass is 19.4. The summed E-state index contributed by atoms with van der Waals surface area (Å²) in [7, 11) is 3.14. The average Bonchev–Trinajstić information content (AvgIpc) is 2.64. The molecule has 0 unspecified atom stereocenters. The molecule has 0 aromatic heterocycles. The molecule has 1 aliphatic heterocycles. The first kappa shape index (κ1) is 20.2. The minimum absolute atomic E-state index is 0.0889. The van der Waals surface area contributed by atoms with Crippen molar-refractivity contribution in [2.75, 3.05) is 27.2 Å². The van der Waals surface area contributed by atoms with Crippen molar-refractivity contribution in [3.8, 4) is 5.75 Å². The number of alkyl halides is 3. The van der Waals surface area contributed by atoms with E-state index >= 15 is 0 Å². The fraction of sp³-hybridized carbons (Fsp3) is 0.381. The van der Waals surface area contributed by atoms with Crippen LogP contribution in [0.5, 0.6) is 5.75 Å². The van der Waals surface area contributed by atoms with Gasteiger partial charge < -0.3 is 15.0 Å². The number of halogens is 3. The maximum absolute atomic E-state index is 13.2. The van der Waals surface area contributed by atoms with E-state index in [0.717, 1.165) is 11.6 Å². The number of hydrogen-bond acceptors (Lipinski definition) is 3. The Bertz CT molecular complexity index is 848. The van der Waals surface area contributed by atoms with Crippen molar-refractivity contribution in [2.45, 2.75) is 19.1 Å². The molecule has 0 bridgehead atoms. The lowest BCUT2D eigenvalue weighted by molar-refractivity contribution is -0.146. The van der Waals surface area contributed by atoms with Crippen molar-refractivity contribution in [3.05, 3.63) is 65.2 Å². The maximum Gasteiger partial charge on any atom is 0.416 e. The molecule has 1 N–H and O–H groups in total. The molecule has 7 heteroatoms. The molecule has 2 aromatic rings. The summed E-state index contributed by atoms with van der Waals surface area (Å²) in [4.78, 5) is 14.5. The van der Waals surface area contributed by atoms with Gasteiger partial charge in [-0.1, -0.05) is 30.3 Å². The quantitative estimate of drug-likeness (QED) is 0.818. The zero-order chi connectivity index (χ0) is 20.4. The molecule has 1 aliphatic rings. The Hall–Kier alpha value is -2.54. The van der Waals surface area contributed by atoms with Gasteiger partial charge in [0.15, 0.2) is 0 Å². The summed E-state index contributed by atoms with van der Waals surface area (Å²) in [5, 5.41) is 3.13. The van der Waals surface area contributed by atoms with Crippen LogP contribution in [0.2, 0.25) is 0 Å². The zero-order valence-electron chi connectivity index (χ0n) is 15.8. The van der Waals surface area contributed by atoms with Gasteiger partial charge in [-0.25, -0.2) is 0 Å². The van der Waals surface area contributed by atoms with Gasteiger partial charge in [0.2, 0.25) is 5.91 Å². The lowest BCUT2D eigenvalue weighted by atomic mass is 9.75. The molecule has 2 aromatic carbocycles. The third kappa shape index (κ3) is 4.14. The van der Waals surface area contributed by atoms with Crippen LogP contribution >= 0.6 is 0 Å². The molecule has 1 saturated heterocycles. The van der Waals surface area contributed by atoms with Crippen LogP contribution in [0.3, 0.4) is 0 Å². The first-order valence-electron chi connectivity index (χ1n) is 8.99. The van der Waals surface area contributed by atoms with Crippen LogP contribution in [0.4, 0.5) is 13.2 Å². The molecule has 3 rings (SSSR count). The highest BCUT2D eigenvalue weighted by Gasteiger charge is 2.46. The second-order valence-corrected chi connectivity index (χ2v) is 7.23. The molecule has 0 saturated carbocycles. The van der Waals surface area contributed by atoms with Gasteiger partial charge in [0, 0.05) is 26.7 Å². The van der Waals surface area contributed by atoms with Crippen molar-refractivity contribution in [3.63, 3.8) is 0 Å². The fourth-order valence-corrected chi connectivity index (χ4v) is 3.62. The lowest BCUT2D eigenvalue weighted by Crippen LogP contribution is -2.62. The summed E-state index contributed by atoms with van der Waals surface area (Å²) in [6.07, 6.45) is -3.95. The van der Waals surface area contributed by atoms with E-state index in [2.05, 4.69) is 5.32 Å². The predicted octanol–water partition coefficient (Wildman–Crippen LogP) is 3.50. The molecule has 1 fully saturated rings. The second kappa shape index (κ2) is 7.83. The maximum atomic E-state index is 13.2. The minimum atomic E-state index is -4.45. The van der Waals surface area contributed by atoms with Gasteiger partial charge in [-0.05, 0) is 35.7 Å². The third-order valence-corrected chi connectivity index (χ3v) is 5.13. The van der Waals surface area contributed by atoms with Gasteiger partial charge in [-0.2, -0.15) is 13.2 Å². The number of amides is 1. The standard InChI is InChI=1S/C21H23F3N2O2/c1-26(12-16-7-3-4-9-18(16)21(22,23)24)19(27)20(13-25-14-20)11-15-6-5-8-17(10-15)28-2/h3-10,25H,11-14H2,1-2H3. The first-order chi connectivity index (χ1) is 13.2. The summed E-state index contributed by atoms with van der Waals surface area (Å²) >= 11 is 0. The molecule has 0 radical (unpaired) electrons. The Morgan fingerprint density at radius 1 is 1.18 bits per heavy atom. The van der Waals surface area contributed by atoms with Crippen LogP contribution in [-0.2, 0) is 23.9 Å². The van der Waals surface area contributed by atoms with E-state index < -0.39 is 17.2 Å². The molecule has 1 heterocycles. The van der Waals surface area contributed by atoms with Crippen LogP contribution in [-0.4, -0.2) is 38.1 Å². The Balaban J connectivity index is 1.78. The molecule has 1 amide bonds. The van der Waals surface area contributed by atoms with Crippen LogP contribution in [0, 0.1) is 5.41 Å². The minimum Gasteiger partial charge on any atom is -0.497 e. The van der Waals surface area contributed by atoms with Crippen LogP contribution < -0.4 is 10.1 Å². The van der Waals surface area contributed by atoms with E-state index in [1.54, 1.807) is 20.2 Å². The summed E-state index contributed by atoms with van der Waals surface area (Å²) in [5.74, 6) is 0.547. The Morgan fingerprint density at radius 3 is 2.50 bits per heavy atom. The van der Waals surface area contributed by atoms with E-state index in [-0.39, 0.29) is 18.0 Å². The average molecular weight is 392 g/mol. The van der Waals surface area contributed by atoms with Gasteiger partial charge >= 0.3 is 6.18 Å². The number of carbonyl (C=O) groups excluding carboxylic acids is 1. The van der Waals surface area contributed by atoms with E-state index in [4.69, 9.17) is 4.74 Å². The number of carbonyl (C=O) groups is 1. The second-order valence-electron chi connectivity index (χ2n) is 7.23. The summed E-state index contributed by atoms with van der Waals surface area (Å²) in [6.45, 7) is 0.900. The van der Waals surface area contributed by atoms with Crippen molar-refractivity contribution < 1.29 is 22.7 Å². The number of rotatable bonds is 6. The number of benzene rings is 2. The van der Waals surface area contributed by atoms with Crippen LogP contribution in [0.1, 0.15) is 16.7 Å². The normalized spacial score (nSPS) is 15.6. The summed E-state index contributed by atoms with van der Waals surface area (Å²) in [6, 6.07) is 12.9. The summed E-state index contributed by atoms with van der Waals surface area (Å²) < 4.78 is 45.0. The Kier molecular flexibility index (Phi) is 5.65. The molecular formula is C21H23F3N2O2. The Morgan fingerprint density at radius 2 is 1.89 bits per heavy atom. The molecule has 0 spiro atoms. The van der Waals surface area contributed by atoms with Gasteiger partial charge in [0.05, 0.1) is 18.1 Å². The van der Waals surface area contributed by atoms with Crippen molar-refractivity contribution in [1.29, 1.82) is 0 Å². The van der Waals surface area contributed by atoms with E-state index in [0.29, 0.717) is 25.3 Å². The van der Waals surface area contributed by atoms with Crippen molar-refractivity contribution >= 4 is 5.91 Å². The molecular weight excluding hydrogens is 369 g/mol. The number of methoxy groups -OCH3 is 1. The topological polar surface area (TPSA) is 41.6 Å². The lowest BCUT2D eigenvalue weighted by Gasteiger charge is -2.43. The Labute approximate surface area is 162 Å². The monoisotopic (exact) mass is 392 g/mol. The first-order valence-corrected chi connectivity index (χ1v) is 8.99. The number of nitrogens with zero attached hydrogens (tertiary/aromatic N) is 1. The van der Waals surface area contributed by atoms with Crippen molar-refractivity contribution in [1.82, 2.24) is 10.2 Å². The highest BCUT2D eigenvalue weighted by molar-refractivity contribution is 5.84. The number of hydrogen-bond donors (Lipinski definition) is 1. The zero-order valence-corrected chi connectivity index (χ0v) is 15.8. The van der Waals surface area contributed by atoms with Crippen LogP contribution in [0.25, 0.3) is 0 Å². The number of ether oxygens (including phenoxy) is 1. The summed E-state index contributed by atoms with van der Waals surface area (Å²) in [5.41, 5.74) is -0.315. The fourth-order valence-electron chi connectivity index (χ4n) is 3.62. The van der Waals surface area contributed by atoms with Gasteiger partial charge in [-0.15, -0.1) is 0 Å². The van der Waals surface area contributed by atoms with Gasteiger partial charge in [0.25, 0.3) is 0 Å². The smallest absolute Gasteiger partial charge is 0.416 e. The molecule has 4 nitrogen and oxygen atoms in total. The predicted molar refractivity (Wildman–Crippen MR) is 99.9 cm³/mol. The molecule has 0 atom stereocenters.